The molecule has 0 aliphatic heterocycles. The molecule has 1 atom stereocenters. The van der Waals surface area contributed by atoms with Crippen LogP contribution in [-0.4, -0.2) is 51.8 Å². The first-order valence-corrected chi connectivity index (χ1v) is 9.06. The molecule has 0 saturated carbocycles. The maximum absolute atomic E-state index is 12.5. The second-order valence-corrected chi connectivity index (χ2v) is 6.67. The van der Waals surface area contributed by atoms with Crippen LogP contribution in [0.15, 0.2) is 61.1 Å². The molecule has 0 aliphatic rings. The average molecular weight is 390 g/mol. The molecule has 0 bridgehead atoms. The summed E-state index contributed by atoms with van der Waals surface area (Å²) in [5.41, 5.74) is 2.11. The summed E-state index contributed by atoms with van der Waals surface area (Å²) in [4.78, 5) is 39.1. The predicted octanol–water partition coefficient (Wildman–Crippen LogP) is 2.68. The SMILES string of the molecule is C[C@@H](C(=O)Nc1cccc(NC(=O)c2cnc(-c3ccccn3)nc2)c1)N(C)C. The normalized spacial score (nSPS) is 11.7. The van der Waals surface area contributed by atoms with Gasteiger partial charge in [0.15, 0.2) is 5.82 Å². The number of benzene rings is 1. The van der Waals surface area contributed by atoms with E-state index in [1.165, 1.54) is 12.4 Å². The standard InChI is InChI=1S/C21H22N6O2/c1-14(27(2)3)20(28)25-16-7-6-8-17(11-16)26-21(29)15-12-23-19(24-13-15)18-9-4-5-10-22-18/h4-14H,1-3H3,(H,25,28)(H,26,29)/t14-/m0/s1. The number of anilines is 2. The van der Waals surface area contributed by atoms with Crippen molar-refractivity contribution in [1.29, 1.82) is 0 Å². The minimum atomic E-state index is -0.345. The van der Waals surface area contributed by atoms with Gasteiger partial charge in [-0.25, -0.2) is 9.97 Å². The highest BCUT2D eigenvalue weighted by Gasteiger charge is 2.15. The summed E-state index contributed by atoms with van der Waals surface area (Å²) >= 11 is 0. The van der Waals surface area contributed by atoms with E-state index in [-0.39, 0.29) is 17.9 Å². The van der Waals surface area contributed by atoms with Crippen LogP contribution in [0.2, 0.25) is 0 Å². The summed E-state index contributed by atoms with van der Waals surface area (Å²) in [6.07, 6.45) is 4.57. The van der Waals surface area contributed by atoms with E-state index in [4.69, 9.17) is 0 Å². The molecule has 3 aromatic rings. The molecule has 2 N–H and O–H groups in total. The number of pyridine rings is 1. The number of nitrogens with one attached hydrogen (secondary N) is 2. The van der Waals surface area contributed by atoms with Crippen molar-refractivity contribution in [2.75, 3.05) is 24.7 Å². The van der Waals surface area contributed by atoms with Gasteiger partial charge in [-0.3, -0.25) is 19.5 Å². The Labute approximate surface area is 169 Å². The van der Waals surface area contributed by atoms with Gasteiger partial charge in [0.05, 0.1) is 11.6 Å². The van der Waals surface area contributed by atoms with Crippen LogP contribution in [0.5, 0.6) is 0 Å². The van der Waals surface area contributed by atoms with Crippen LogP contribution in [0.3, 0.4) is 0 Å². The zero-order valence-electron chi connectivity index (χ0n) is 16.5. The van der Waals surface area contributed by atoms with E-state index in [0.717, 1.165) is 0 Å². The molecule has 148 valence electrons. The van der Waals surface area contributed by atoms with Crippen molar-refractivity contribution in [3.05, 3.63) is 66.6 Å². The molecular formula is C21H22N6O2. The average Bonchev–Trinajstić information content (AvgIpc) is 2.74. The van der Waals surface area contributed by atoms with E-state index >= 15 is 0 Å². The van der Waals surface area contributed by atoms with E-state index in [2.05, 4.69) is 25.6 Å². The van der Waals surface area contributed by atoms with Crippen molar-refractivity contribution < 1.29 is 9.59 Å². The summed E-state index contributed by atoms with van der Waals surface area (Å²) in [5, 5.41) is 5.63. The largest absolute Gasteiger partial charge is 0.325 e. The molecular weight excluding hydrogens is 368 g/mol. The van der Waals surface area contributed by atoms with Crippen molar-refractivity contribution >= 4 is 23.2 Å². The molecule has 0 saturated heterocycles. The lowest BCUT2D eigenvalue weighted by Crippen LogP contribution is -2.37. The molecule has 0 radical (unpaired) electrons. The van der Waals surface area contributed by atoms with Crippen LogP contribution in [0.1, 0.15) is 17.3 Å². The third-order valence-corrected chi connectivity index (χ3v) is 4.35. The number of carbonyl (C=O) groups excluding carboxylic acids is 2. The smallest absolute Gasteiger partial charge is 0.258 e. The number of carbonyl (C=O) groups is 2. The minimum absolute atomic E-state index is 0.128. The lowest BCUT2D eigenvalue weighted by molar-refractivity contribution is -0.119. The number of aromatic nitrogens is 3. The second-order valence-electron chi connectivity index (χ2n) is 6.67. The molecule has 29 heavy (non-hydrogen) atoms. The Morgan fingerprint density at radius 3 is 2.24 bits per heavy atom. The Morgan fingerprint density at radius 1 is 0.931 bits per heavy atom. The maximum Gasteiger partial charge on any atom is 0.258 e. The molecule has 0 aliphatic carbocycles. The van der Waals surface area contributed by atoms with E-state index in [1.807, 2.05) is 38.1 Å². The molecule has 8 heteroatoms. The Kier molecular flexibility index (Phi) is 6.25. The summed E-state index contributed by atoms with van der Waals surface area (Å²) < 4.78 is 0. The summed E-state index contributed by atoms with van der Waals surface area (Å²) in [6, 6.07) is 12.1. The highest BCUT2D eigenvalue weighted by molar-refractivity contribution is 6.04. The van der Waals surface area contributed by atoms with Gasteiger partial charge in [-0.1, -0.05) is 12.1 Å². The van der Waals surface area contributed by atoms with Crippen LogP contribution < -0.4 is 10.6 Å². The molecule has 2 heterocycles. The van der Waals surface area contributed by atoms with Gasteiger partial charge in [0.2, 0.25) is 5.91 Å². The van der Waals surface area contributed by atoms with Crippen LogP contribution in [0, 0.1) is 0 Å². The Bertz CT molecular complexity index is 990. The van der Waals surface area contributed by atoms with Gasteiger partial charge in [-0.05, 0) is 51.4 Å². The first-order chi connectivity index (χ1) is 13.9. The van der Waals surface area contributed by atoms with Crippen LogP contribution >= 0.6 is 0 Å². The molecule has 0 unspecified atom stereocenters. The minimum Gasteiger partial charge on any atom is -0.325 e. The summed E-state index contributed by atoms with van der Waals surface area (Å²) in [6.45, 7) is 1.82. The molecule has 1 aromatic carbocycles. The summed E-state index contributed by atoms with van der Waals surface area (Å²) in [7, 11) is 3.67. The number of nitrogens with zero attached hydrogens (tertiary/aromatic N) is 4. The van der Waals surface area contributed by atoms with Gasteiger partial charge in [0, 0.05) is 30.0 Å². The zero-order chi connectivity index (χ0) is 20.8. The molecule has 3 rings (SSSR count). The third kappa shape index (κ3) is 5.20. The molecule has 0 fully saturated rings. The van der Waals surface area contributed by atoms with Crippen LogP contribution in [-0.2, 0) is 4.79 Å². The number of rotatable bonds is 6. The van der Waals surface area contributed by atoms with E-state index in [0.29, 0.717) is 28.5 Å². The number of amides is 2. The first kappa shape index (κ1) is 20.1. The number of hydrogen-bond donors (Lipinski definition) is 2. The van der Waals surface area contributed by atoms with E-state index in [9.17, 15) is 9.59 Å². The Morgan fingerprint density at radius 2 is 1.62 bits per heavy atom. The maximum atomic E-state index is 12.5. The van der Waals surface area contributed by atoms with Gasteiger partial charge < -0.3 is 10.6 Å². The van der Waals surface area contributed by atoms with Crippen LogP contribution in [0.25, 0.3) is 11.5 Å². The monoisotopic (exact) mass is 390 g/mol. The Balaban J connectivity index is 1.67. The number of likely N-dealkylation sites (N-methyl/N-ethyl adjacent to an activating group) is 1. The lowest BCUT2D eigenvalue weighted by atomic mass is 10.2. The van der Waals surface area contributed by atoms with Crippen molar-refractivity contribution in [3.63, 3.8) is 0 Å². The van der Waals surface area contributed by atoms with Crippen molar-refractivity contribution in [2.24, 2.45) is 0 Å². The van der Waals surface area contributed by atoms with E-state index in [1.54, 1.807) is 36.5 Å². The molecule has 8 nitrogen and oxygen atoms in total. The van der Waals surface area contributed by atoms with Gasteiger partial charge in [0.25, 0.3) is 5.91 Å². The fourth-order valence-electron chi connectivity index (χ4n) is 2.43. The van der Waals surface area contributed by atoms with Gasteiger partial charge in [-0.15, -0.1) is 0 Å². The lowest BCUT2D eigenvalue weighted by Gasteiger charge is -2.19. The summed E-state index contributed by atoms with van der Waals surface area (Å²) in [5.74, 6) is -0.0263. The quantitative estimate of drug-likeness (QED) is 0.671. The topological polar surface area (TPSA) is 100 Å². The number of hydrogen-bond acceptors (Lipinski definition) is 6. The van der Waals surface area contributed by atoms with Crippen molar-refractivity contribution in [1.82, 2.24) is 19.9 Å². The van der Waals surface area contributed by atoms with Gasteiger partial charge in [-0.2, -0.15) is 0 Å². The van der Waals surface area contributed by atoms with E-state index < -0.39 is 0 Å². The highest BCUT2D eigenvalue weighted by Crippen LogP contribution is 2.17. The zero-order valence-corrected chi connectivity index (χ0v) is 16.5. The van der Waals surface area contributed by atoms with Crippen LogP contribution in [0.4, 0.5) is 11.4 Å². The molecule has 0 spiro atoms. The predicted molar refractivity (Wildman–Crippen MR) is 111 cm³/mol. The third-order valence-electron chi connectivity index (χ3n) is 4.35. The Hall–Kier alpha value is -3.65. The van der Waals surface area contributed by atoms with Gasteiger partial charge in [0.1, 0.15) is 5.69 Å². The van der Waals surface area contributed by atoms with Gasteiger partial charge >= 0.3 is 0 Å². The highest BCUT2D eigenvalue weighted by atomic mass is 16.2. The first-order valence-electron chi connectivity index (χ1n) is 9.06. The fraction of sp³-hybridized carbons (Fsp3) is 0.190. The second kappa shape index (κ2) is 9.03. The molecule has 2 aromatic heterocycles. The molecule has 2 amide bonds. The van der Waals surface area contributed by atoms with Crippen molar-refractivity contribution in [2.45, 2.75) is 13.0 Å². The van der Waals surface area contributed by atoms with Crippen molar-refractivity contribution in [3.8, 4) is 11.5 Å². The fourth-order valence-corrected chi connectivity index (χ4v) is 2.43.